The number of aryl methyl sites for hydroxylation is 1. The Morgan fingerprint density at radius 3 is 2.67 bits per heavy atom. The van der Waals surface area contributed by atoms with Gasteiger partial charge in [0.05, 0.1) is 11.1 Å². The molecule has 100 valence electrons. The molecule has 5 heteroatoms. The van der Waals surface area contributed by atoms with Crippen molar-refractivity contribution < 1.29 is 4.79 Å². The second-order valence-corrected chi connectivity index (χ2v) is 4.99. The molecule has 0 radical (unpaired) electrons. The predicted molar refractivity (Wildman–Crippen MR) is 72.5 cm³/mol. The lowest BCUT2D eigenvalue weighted by molar-refractivity contribution is -0.123. The SMILES string of the molecule is CCCn1cc(NC(=O)C(C)(C)CN)ccc1=O. The number of nitrogens with two attached hydrogens (primary N) is 1. The van der Waals surface area contributed by atoms with E-state index in [4.69, 9.17) is 5.73 Å². The van der Waals surface area contributed by atoms with Crippen molar-refractivity contribution in [3.63, 3.8) is 0 Å². The zero-order chi connectivity index (χ0) is 13.8. The summed E-state index contributed by atoms with van der Waals surface area (Å²) in [6.45, 7) is 6.47. The molecule has 5 nitrogen and oxygen atoms in total. The highest BCUT2D eigenvalue weighted by molar-refractivity contribution is 5.94. The van der Waals surface area contributed by atoms with Crippen molar-refractivity contribution >= 4 is 11.6 Å². The number of rotatable bonds is 5. The lowest BCUT2D eigenvalue weighted by atomic mass is 9.92. The first-order valence-corrected chi connectivity index (χ1v) is 6.12. The van der Waals surface area contributed by atoms with Crippen molar-refractivity contribution in [3.8, 4) is 0 Å². The fourth-order valence-electron chi connectivity index (χ4n) is 1.41. The summed E-state index contributed by atoms with van der Waals surface area (Å²) in [4.78, 5) is 23.5. The Hall–Kier alpha value is -1.62. The summed E-state index contributed by atoms with van der Waals surface area (Å²) in [5, 5.41) is 2.78. The Balaban J connectivity index is 2.89. The highest BCUT2D eigenvalue weighted by Gasteiger charge is 2.25. The number of anilines is 1. The molecule has 0 aliphatic carbocycles. The highest BCUT2D eigenvalue weighted by atomic mass is 16.2. The van der Waals surface area contributed by atoms with Gasteiger partial charge >= 0.3 is 0 Å². The Labute approximate surface area is 107 Å². The van der Waals surface area contributed by atoms with Gasteiger partial charge in [0.15, 0.2) is 0 Å². The molecule has 18 heavy (non-hydrogen) atoms. The normalized spacial score (nSPS) is 11.3. The maximum Gasteiger partial charge on any atom is 0.250 e. The Morgan fingerprint density at radius 1 is 1.44 bits per heavy atom. The quantitative estimate of drug-likeness (QED) is 0.825. The monoisotopic (exact) mass is 251 g/mol. The largest absolute Gasteiger partial charge is 0.329 e. The zero-order valence-electron chi connectivity index (χ0n) is 11.2. The molecule has 0 unspecified atom stereocenters. The molecule has 0 aromatic carbocycles. The number of hydrogen-bond donors (Lipinski definition) is 2. The number of carbonyl (C=O) groups is 1. The van der Waals surface area contributed by atoms with Crippen molar-refractivity contribution in [2.75, 3.05) is 11.9 Å². The third-order valence-electron chi connectivity index (χ3n) is 2.83. The van der Waals surface area contributed by atoms with E-state index in [0.29, 0.717) is 12.2 Å². The third-order valence-corrected chi connectivity index (χ3v) is 2.83. The molecule has 0 aliphatic heterocycles. The molecule has 0 spiro atoms. The summed E-state index contributed by atoms with van der Waals surface area (Å²) >= 11 is 0. The van der Waals surface area contributed by atoms with Crippen LogP contribution in [0.2, 0.25) is 0 Å². The zero-order valence-corrected chi connectivity index (χ0v) is 11.2. The maximum atomic E-state index is 11.9. The summed E-state index contributed by atoms with van der Waals surface area (Å²) in [5.74, 6) is -0.147. The Morgan fingerprint density at radius 2 is 2.11 bits per heavy atom. The van der Waals surface area contributed by atoms with Crippen LogP contribution in [0.5, 0.6) is 0 Å². The molecule has 0 atom stereocenters. The molecule has 1 aromatic heterocycles. The van der Waals surface area contributed by atoms with Crippen LogP contribution in [0.3, 0.4) is 0 Å². The average molecular weight is 251 g/mol. The van der Waals surface area contributed by atoms with E-state index in [-0.39, 0.29) is 18.0 Å². The van der Waals surface area contributed by atoms with Gasteiger partial charge in [-0.15, -0.1) is 0 Å². The van der Waals surface area contributed by atoms with Crippen molar-refractivity contribution in [1.82, 2.24) is 4.57 Å². The second-order valence-electron chi connectivity index (χ2n) is 4.99. The molecule has 3 N–H and O–H groups in total. The van der Waals surface area contributed by atoms with Gasteiger partial charge in [-0.3, -0.25) is 9.59 Å². The number of amides is 1. The van der Waals surface area contributed by atoms with E-state index in [9.17, 15) is 9.59 Å². The van der Waals surface area contributed by atoms with E-state index in [2.05, 4.69) is 5.32 Å². The number of aromatic nitrogens is 1. The number of hydrogen-bond acceptors (Lipinski definition) is 3. The highest BCUT2D eigenvalue weighted by Crippen LogP contribution is 2.16. The van der Waals surface area contributed by atoms with Gasteiger partial charge in [-0.2, -0.15) is 0 Å². The average Bonchev–Trinajstić information content (AvgIpc) is 2.33. The van der Waals surface area contributed by atoms with E-state index in [1.54, 1.807) is 30.7 Å². The minimum Gasteiger partial charge on any atom is -0.329 e. The fourth-order valence-corrected chi connectivity index (χ4v) is 1.41. The first-order chi connectivity index (χ1) is 8.40. The standard InChI is InChI=1S/C13H21N3O2/c1-4-7-16-8-10(5-6-11(16)17)15-12(18)13(2,3)9-14/h5-6,8H,4,7,9,14H2,1-3H3,(H,15,18). The van der Waals surface area contributed by atoms with E-state index in [1.807, 2.05) is 6.92 Å². The van der Waals surface area contributed by atoms with Crippen LogP contribution >= 0.6 is 0 Å². The van der Waals surface area contributed by atoms with Gasteiger partial charge in [-0.05, 0) is 26.3 Å². The minimum atomic E-state index is -0.619. The summed E-state index contributed by atoms with van der Waals surface area (Å²) in [6.07, 6.45) is 2.53. The molecule has 0 fully saturated rings. The molecular formula is C13H21N3O2. The molecule has 1 heterocycles. The molecule has 1 amide bonds. The van der Waals surface area contributed by atoms with Crippen LogP contribution in [0.4, 0.5) is 5.69 Å². The van der Waals surface area contributed by atoms with Crippen LogP contribution in [0.15, 0.2) is 23.1 Å². The van der Waals surface area contributed by atoms with Crippen molar-refractivity contribution in [1.29, 1.82) is 0 Å². The Bertz CT molecular complexity index is 477. The lowest BCUT2D eigenvalue weighted by Crippen LogP contribution is -2.37. The predicted octanol–water partition coefficient (Wildman–Crippen LogP) is 1.18. The summed E-state index contributed by atoms with van der Waals surface area (Å²) in [6, 6.07) is 3.07. The van der Waals surface area contributed by atoms with Crippen molar-refractivity contribution in [2.45, 2.75) is 33.7 Å². The van der Waals surface area contributed by atoms with Gasteiger partial charge in [0.2, 0.25) is 5.91 Å². The van der Waals surface area contributed by atoms with E-state index in [0.717, 1.165) is 6.42 Å². The molecule has 0 saturated heterocycles. The van der Waals surface area contributed by atoms with Crippen LogP contribution in [-0.4, -0.2) is 17.0 Å². The molecule has 0 aliphatic rings. The van der Waals surface area contributed by atoms with Crippen LogP contribution in [-0.2, 0) is 11.3 Å². The number of nitrogens with one attached hydrogen (secondary N) is 1. The van der Waals surface area contributed by atoms with Crippen molar-refractivity contribution in [2.24, 2.45) is 11.1 Å². The van der Waals surface area contributed by atoms with Gasteiger partial charge in [-0.25, -0.2) is 0 Å². The van der Waals surface area contributed by atoms with Gasteiger partial charge in [0.1, 0.15) is 0 Å². The lowest BCUT2D eigenvalue weighted by Gasteiger charge is -2.21. The smallest absolute Gasteiger partial charge is 0.250 e. The van der Waals surface area contributed by atoms with Gasteiger partial charge < -0.3 is 15.6 Å². The number of carbonyl (C=O) groups excluding carboxylic acids is 1. The van der Waals surface area contributed by atoms with Crippen LogP contribution < -0.4 is 16.6 Å². The summed E-state index contributed by atoms with van der Waals surface area (Å²) in [5.41, 5.74) is 5.49. The van der Waals surface area contributed by atoms with E-state index in [1.165, 1.54) is 6.07 Å². The summed E-state index contributed by atoms with van der Waals surface area (Å²) < 4.78 is 1.59. The van der Waals surface area contributed by atoms with Crippen LogP contribution in [0.1, 0.15) is 27.2 Å². The molecule has 0 saturated carbocycles. The minimum absolute atomic E-state index is 0.0621. The fraction of sp³-hybridized carbons (Fsp3) is 0.538. The molecular weight excluding hydrogens is 230 g/mol. The molecule has 0 bridgehead atoms. The van der Waals surface area contributed by atoms with Gasteiger partial charge in [0.25, 0.3) is 5.56 Å². The van der Waals surface area contributed by atoms with Crippen molar-refractivity contribution in [3.05, 3.63) is 28.7 Å². The first-order valence-electron chi connectivity index (χ1n) is 6.12. The third kappa shape index (κ3) is 3.43. The first kappa shape index (κ1) is 14.4. The maximum absolute atomic E-state index is 11.9. The van der Waals surface area contributed by atoms with Gasteiger partial charge in [-0.1, -0.05) is 6.92 Å². The van der Waals surface area contributed by atoms with E-state index >= 15 is 0 Å². The topological polar surface area (TPSA) is 77.1 Å². The molecule has 1 aromatic rings. The summed E-state index contributed by atoms with van der Waals surface area (Å²) in [7, 11) is 0. The second kappa shape index (κ2) is 5.82. The molecule has 1 rings (SSSR count). The van der Waals surface area contributed by atoms with Gasteiger partial charge in [0, 0.05) is 25.4 Å². The number of nitrogens with zero attached hydrogens (tertiary/aromatic N) is 1. The van der Waals surface area contributed by atoms with E-state index < -0.39 is 5.41 Å². The number of pyridine rings is 1. The Kier molecular flexibility index (Phi) is 4.67. The van der Waals surface area contributed by atoms with Crippen LogP contribution in [0, 0.1) is 5.41 Å². The van der Waals surface area contributed by atoms with Crippen LogP contribution in [0.25, 0.3) is 0 Å².